The first kappa shape index (κ1) is 16.0. The molecule has 0 saturated heterocycles. The molecule has 0 bridgehead atoms. The summed E-state index contributed by atoms with van der Waals surface area (Å²) < 4.78 is 0. The largest absolute Gasteiger partial charge is 1.00 e. The summed E-state index contributed by atoms with van der Waals surface area (Å²) in [5.41, 5.74) is 1.17. The molecule has 1 aromatic carbocycles. The third kappa shape index (κ3) is 4.27. The van der Waals surface area contributed by atoms with Crippen LogP contribution in [-0.2, 0) is 11.2 Å². The van der Waals surface area contributed by atoms with E-state index in [0.29, 0.717) is 4.88 Å². The van der Waals surface area contributed by atoms with Crippen LogP contribution in [-0.4, -0.2) is 16.2 Å². The van der Waals surface area contributed by atoms with E-state index in [9.17, 15) is 9.90 Å². The number of carboxylic acids is 1. The molecule has 5 heteroatoms. The Hall–Kier alpha value is -0.0136. The molecule has 1 unspecified atom stereocenters. The smallest absolute Gasteiger partial charge is 1.00 e. The van der Waals surface area contributed by atoms with Crippen LogP contribution < -0.4 is 51.4 Å². The zero-order valence-electron chi connectivity index (χ0n) is 11.0. The summed E-state index contributed by atoms with van der Waals surface area (Å²) >= 11 is 1.33. The van der Waals surface area contributed by atoms with E-state index in [0.717, 1.165) is 11.3 Å². The van der Waals surface area contributed by atoms with Crippen LogP contribution in [0.1, 0.15) is 22.8 Å². The standard InChI is InChI=1S/C13H12O3S.K.H/c14-12(13(15)16)11-7-6-10(17-11)8-9-4-2-1-3-5-9;;/h1-7,12,14H,8H2,(H,15,16);;/q;+1;-1. The molecule has 1 aromatic heterocycles. The van der Waals surface area contributed by atoms with E-state index < -0.39 is 12.1 Å². The van der Waals surface area contributed by atoms with Crippen molar-refractivity contribution in [3.05, 3.63) is 57.8 Å². The molecule has 3 nitrogen and oxygen atoms in total. The Morgan fingerprint density at radius 1 is 1.22 bits per heavy atom. The van der Waals surface area contributed by atoms with E-state index >= 15 is 0 Å². The number of carbonyl (C=O) groups is 1. The molecular formula is C13H13KO3S. The number of hydrogen-bond donors (Lipinski definition) is 2. The number of thiophene rings is 1. The van der Waals surface area contributed by atoms with E-state index in [1.165, 1.54) is 16.9 Å². The van der Waals surface area contributed by atoms with Crippen LogP contribution in [0.3, 0.4) is 0 Å². The minimum absolute atomic E-state index is 0. The number of carboxylic acid groups (broad SMARTS) is 1. The number of benzene rings is 1. The van der Waals surface area contributed by atoms with Gasteiger partial charge in [-0.1, -0.05) is 30.3 Å². The molecule has 0 fully saturated rings. The van der Waals surface area contributed by atoms with Crippen molar-refractivity contribution in [2.75, 3.05) is 0 Å². The van der Waals surface area contributed by atoms with Gasteiger partial charge in [0.25, 0.3) is 0 Å². The number of aliphatic hydroxyl groups excluding tert-OH is 1. The molecule has 2 rings (SSSR count). The van der Waals surface area contributed by atoms with E-state index in [2.05, 4.69) is 0 Å². The van der Waals surface area contributed by atoms with Crippen molar-refractivity contribution in [3.8, 4) is 0 Å². The molecule has 0 amide bonds. The second kappa shape index (κ2) is 7.55. The summed E-state index contributed by atoms with van der Waals surface area (Å²) in [6.45, 7) is 0. The molecule has 0 aliphatic carbocycles. The van der Waals surface area contributed by atoms with Crippen molar-refractivity contribution in [1.82, 2.24) is 0 Å². The summed E-state index contributed by atoms with van der Waals surface area (Å²) in [6.07, 6.45) is -0.651. The first-order chi connectivity index (χ1) is 8.16. The molecule has 0 saturated carbocycles. The van der Waals surface area contributed by atoms with Crippen molar-refractivity contribution in [2.24, 2.45) is 0 Å². The summed E-state index contributed by atoms with van der Waals surface area (Å²) in [7, 11) is 0. The fourth-order valence-corrected chi connectivity index (χ4v) is 2.58. The Bertz CT molecular complexity index is 516. The predicted octanol–water partition coefficient (Wildman–Crippen LogP) is -0.427. The van der Waals surface area contributed by atoms with Gasteiger partial charge in [0.1, 0.15) is 0 Å². The van der Waals surface area contributed by atoms with Crippen molar-refractivity contribution in [1.29, 1.82) is 0 Å². The second-order valence-corrected chi connectivity index (χ2v) is 4.91. The molecule has 2 aromatic rings. The van der Waals surface area contributed by atoms with Gasteiger partial charge in [0.05, 0.1) is 0 Å². The average Bonchev–Trinajstić information content (AvgIpc) is 2.77. The van der Waals surface area contributed by atoms with Crippen molar-refractivity contribution in [3.63, 3.8) is 0 Å². The summed E-state index contributed by atoms with van der Waals surface area (Å²) in [5, 5.41) is 18.1. The van der Waals surface area contributed by atoms with E-state index in [1.807, 2.05) is 36.4 Å². The molecule has 0 aliphatic rings. The Labute approximate surface area is 153 Å². The maximum Gasteiger partial charge on any atom is 1.00 e. The van der Waals surface area contributed by atoms with Crippen LogP contribution in [0.15, 0.2) is 42.5 Å². The maximum absolute atomic E-state index is 10.6. The van der Waals surface area contributed by atoms with Crippen LogP contribution in [0.5, 0.6) is 0 Å². The average molecular weight is 288 g/mol. The van der Waals surface area contributed by atoms with E-state index in [1.54, 1.807) is 6.07 Å². The zero-order valence-corrected chi connectivity index (χ0v) is 14.0. The SMILES string of the molecule is O=C(O)C(O)c1ccc(Cc2ccccc2)s1.[H-].[K+]. The summed E-state index contributed by atoms with van der Waals surface area (Å²) in [4.78, 5) is 12.1. The number of hydrogen-bond acceptors (Lipinski definition) is 3. The van der Waals surface area contributed by atoms with Gasteiger partial charge in [-0.05, 0) is 17.7 Å². The normalized spacial score (nSPS) is 11.6. The van der Waals surface area contributed by atoms with Gasteiger partial charge in [-0.25, -0.2) is 4.79 Å². The fraction of sp³-hybridized carbons (Fsp3) is 0.154. The fourth-order valence-electron chi connectivity index (χ4n) is 1.56. The number of aliphatic hydroxyl groups is 1. The molecule has 2 N–H and O–H groups in total. The molecule has 0 aliphatic heterocycles. The predicted molar refractivity (Wildman–Crippen MR) is 67.3 cm³/mol. The number of aliphatic carboxylic acids is 1. The Kier molecular flexibility index (Phi) is 6.72. The van der Waals surface area contributed by atoms with Gasteiger partial charge in [0.2, 0.25) is 0 Å². The van der Waals surface area contributed by atoms with Gasteiger partial charge in [-0.2, -0.15) is 0 Å². The van der Waals surface area contributed by atoms with Crippen LogP contribution in [0.4, 0.5) is 0 Å². The van der Waals surface area contributed by atoms with Crippen molar-refractivity contribution >= 4 is 17.3 Å². The van der Waals surface area contributed by atoms with Gasteiger partial charge in [-0.3, -0.25) is 0 Å². The van der Waals surface area contributed by atoms with Gasteiger partial charge in [0.15, 0.2) is 6.10 Å². The zero-order chi connectivity index (χ0) is 12.3. The van der Waals surface area contributed by atoms with Gasteiger partial charge < -0.3 is 11.6 Å². The van der Waals surface area contributed by atoms with Crippen LogP contribution in [0, 0.1) is 0 Å². The third-order valence-electron chi connectivity index (χ3n) is 2.41. The molecule has 1 atom stereocenters. The Morgan fingerprint density at radius 2 is 1.89 bits per heavy atom. The quantitative estimate of drug-likeness (QED) is 0.751. The summed E-state index contributed by atoms with van der Waals surface area (Å²) in [6, 6.07) is 13.5. The molecule has 18 heavy (non-hydrogen) atoms. The second-order valence-electron chi connectivity index (χ2n) is 3.71. The molecule has 1 heterocycles. The third-order valence-corrected chi connectivity index (χ3v) is 3.54. The Balaban J connectivity index is 0.00000162. The van der Waals surface area contributed by atoms with Crippen molar-refractivity contribution in [2.45, 2.75) is 12.5 Å². The first-order valence-electron chi connectivity index (χ1n) is 5.20. The van der Waals surface area contributed by atoms with Crippen LogP contribution in [0.25, 0.3) is 0 Å². The van der Waals surface area contributed by atoms with E-state index in [4.69, 9.17) is 5.11 Å². The maximum atomic E-state index is 10.6. The minimum Gasteiger partial charge on any atom is -1.00 e. The van der Waals surface area contributed by atoms with E-state index in [-0.39, 0.29) is 52.8 Å². The van der Waals surface area contributed by atoms with Gasteiger partial charge >= 0.3 is 57.4 Å². The topological polar surface area (TPSA) is 57.5 Å². The minimum atomic E-state index is -1.41. The van der Waals surface area contributed by atoms with Crippen molar-refractivity contribution < 1.29 is 67.8 Å². The molecule has 90 valence electrons. The first-order valence-corrected chi connectivity index (χ1v) is 6.02. The van der Waals surface area contributed by atoms with Gasteiger partial charge in [0, 0.05) is 16.2 Å². The van der Waals surface area contributed by atoms with Crippen LogP contribution in [0.2, 0.25) is 0 Å². The van der Waals surface area contributed by atoms with Gasteiger partial charge in [-0.15, -0.1) is 11.3 Å². The summed E-state index contributed by atoms with van der Waals surface area (Å²) in [5.74, 6) is -1.21. The molecule has 0 radical (unpaired) electrons. The van der Waals surface area contributed by atoms with Crippen LogP contribution >= 0.6 is 11.3 Å². The Morgan fingerprint density at radius 3 is 2.50 bits per heavy atom. The number of rotatable bonds is 4. The monoisotopic (exact) mass is 288 g/mol. The molecular weight excluding hydrogens is 275 g/mol. The molecule has 0 spiro atoms.